The molecule has 2 N–H and O–H groups in total. The molecule has 7 heteroatoms. The van der Waals surface area contributed by atoms with Crippen LogP contribution in [-0.4, -0.2) is 48.2 Å². The summed E-state index contributed by atoms with van der Waals surface area (Å²) in [5.41, 5.74) is 5.48. The van der Waals surface area contributed by atoms with E-state index in [2.05, 4.69) is 20.9 Å². The fraction of sp³-hybridized carbons (Fsp3) is 0.500. The Morgan fingerprint density at radius 3 is 3.05 bits per heavy atom. The van der Waals surface area contributed by atoms with Crippen LogP contribution in [0.15, 0.2) is 16.9 Å². The van der Waals surface area contributed by atoms with Gasteiger partial charge in [0, 0.05) is 13.1 Å². The second-order valence-electron chi connectivity index (χ2n) is 4.59. The average Bonchev–Trinajstić information content (AvgIpc) is 2.34. The highest BCUT2D eigenvalue weighted by Crippen LogP contribution is 2.25. The molecule has 0 radical (unpaired) electrons. The van der Waals surface area contributed by atoms with Crippen LogP contribution in [-0.2, 0) is 0 Å². The van der Waals surface area contributed by atoms with Crippen LogP contribution in [0.25, 0.3) is 0 Å². The number of nitrogens with zero attached hydrogens (tertiary/aromatic N) is 2. The number of rotatable bonds is 3. The molecule has 0 aliphatic carbocycles. The summed E-state index contributed by atoms with van der Waals surface area (Å²) in [6.07, 6.45) is 0.279. The third-order valence-electron chi connectivity index (χ3n) is 3.06. The molecule has 2 heterocycles. The maximum absolute atomic E-state index is 13.9. The highest BCUT2D eigenvalue weighted by Gasteiger charge is 2.30. The lowest BCUT2D eigenvalue weighted by atomic mass is 10.1. The number of aromatic nitrogens is 1. The van der Waals surface area contributed by atoms with Crippen molar-refractivity contribution in [2.24, 2.45) is 5.73 Å². The summed E-state index contributed by atoms with van der Waals surface area (Å²) in [6.45, 7) is 1.07. The van der Waals surface area contributed by atoms with Gasteiger partial charge in [-0.05, 0) is 35.5 Å². The van der Waals surface area contributed by atoms with Gasteiger partial charge in [0.05, 0.1) is 11.8 Å². The number of piperidine rings is 1. The van der Waals surface area contributed by atoms with E-state index >= 15 is 0 Å². The number of halogens is 2. The van der Waals surface area contributed by atoms with E-state index < -0.39 is 18.2 Å². The van der Waals surface area contributed by atoms with Crippen molar-refractivity contribution in [1.82, 2.24) is 9.88 Å². The number of alkyl halides is 1. The number of primary amides is 1. The first-order valence-electron chi connectivity index (χ1n) is 5.92. The van der Waals surface area contributed by atoms with Crippen molar-refractivity contribution in [3.8, 4) is 5.75 Å². The summed E-state index contributed by atoms with van der Waals surface area (Å²) < 4.78 is 19.9. The first kappa shape index (κ1) is 14.2. The summed E-state index contributed by atoms with van der Waals surface area (Å²) in [5.74, 6) is -0.394. The van der Waals surface area contributed by atoms with Gasteiger partial charge in [-0.1, -0.05) is 0 Å². The Morgan fingerprint density at radius 2 is 2.42 bits per heavy atom. The highest BCUT2D eigenvalue weighted by molar-refractivity contribution is 9.10. The molecular formula is C12H15BrFN3O2. The van der Waals surface area contributed by atoms with E-state index in [1.807, 2.05) is 11.9 Å². The predicted molar refractivity (Wildman–Crippen MR) is 71.9 cm³/mol. The van der Waals surface area contributed by atoms with Gasteiger partial charge >= 0.3 is 0 Å². The second-order valence-corrected chi connectivity index (χ2v) is 5.40. The topological polar surface area (TPSA) is 68.4 Å². The number of carbonyl (C=O) groups excluding carboxylic acids is 1. The van der Waals surface area contributed by atoms with E-state index in [1.165, 1.54) is 12.3 Å². The summed E-state index contributed by atoms with van der Waals surface area (Å²) >= 11 is 3.15. The molecule has 1 aliphatic heterocycles. The molecule has 1 aromatic rings. The Bertz CT molecular complexity index is 486. The fourth-order valence-electron chi connectivity index (χ4n) is 2.03. The van der Waals surface area contributed by atoms with Gasteiger partial charge in [-0.25, -0.2) is 9.37 Å². The van der Waals surface area contributed by atoms with Crippen molar-refractivity contribution < 1.29 is 13.9 Å². The molecule has 5 nitrogen and oxygen atoms in total. The average molecular weight is 332 g/mol. The first-order chi connectivity index (χ1) is 8.97. The molecule has 104 valence electrons. The van der Waals surface area contributed by atoms with E-state index in [9.17, 15) is 9.18 Å². The predicted octanol–water partition coefficient (Wildman–Crippen LogP) is 1.36. The van der Waals surface area contributed by atoms with Crippen molar-refractivity contribution in [2.45, 2.75) is 18.7 Å². The van der Waals surface area contributed by atoms with Crippen LogP contribution < -0.4 is 10.5 Å². The molecule has 1 amide bonds. The normalized spacial score (nSPS) is 24.2. The van der Waals surface area contributed by atoms with Crippen LogP contribution in [0.2, 0.25) is 0 Å². The Morgan fingerprint density at radius 1 is 1.68 bits per heavy atom. The van der Waals surface area contributed by atoms with Crippen LogP contribution in [0.3, 0.4) is 0 Å². The summed E-state index contributed by atoms with van der Waals surface area (Å²) in [7, 11) is 1.86. The molecule has 2 rings (SSSR count). The number of amides is 1. The molecule has 0 unspecified atom stereocenters. The summed E-state index contributed by atoms with van der Waals surface area (Å²) in [5, 5.41) is 0. The lowest BCUT2D eigenvalue weighted by molar-refractivity contribution is 0.0305. The van der Waals surface area contributed by atoms with E-state index in [0.29, 0.717) is 17.6 Å². The maximum Gasteiger partial charge on any atom is 0.252 e. The molecular weight excluding hydrogens is 317 g/mol. The van der Waals surface area contributed by atoms with Gasteiger partial charge in [0.1, 0.15) is 16.9 Å². The van der Waals surface area contributed by atoms with E-state index in [0.717, 1.165) is 6.54 Å². The standard InChI is InChI=1S/C12H15BrFN3O2/c1-17-3-2-9(8(14)6-17)19-10-5-16-11(13)4-7(10)12(15)18/h4-5,8-9H,2-3,6H2,1H3,(H2,15,18)/t8-,9-/m0/s1. The van der Waals surface area contributed by atoms with Crippen molar-refractivity contribution in [1.29, 1.82) is 0 Å². The van der Waals surface area contributed by atoms with Crippen LogP contribution in [0, 0.1) is 0 Å². The summed E-state index contributed by atoms with van der Waals surface area (Å²) in [4.78, 5) is 17.2. The molecule has 1 fully saturated rings. The molecule has 1 aliphatic rings. The lowest BCUT2D eigenvalue weighted by Crippen LogP contribution is -2.45. The zero-order valence-corrected chi connectivity index (χ0v) is 12.1. The third-order valence-corrected chi connectivity index (χ3v) is 3.50. The zero-order chi connectivity index (χ0) is 14.0. The number of hydrogen-bond acceptors (Lipinski definition) is 4. The van der Waals surface area contributed by atoms with Gasteiger partial charge in [0.2, 0.25) is 0 Å². The van der Waals surface area contributed by atoms with E-state index in [-0.39, 0.29) is 11.3 Å². The first-order valence-corrected chi connectivity index (χ1v) is 6.71. The van der Waals surface area contributed by atoms with Gasteiger partial charge < -0.3 is 15.4 Å². The minimum atomic E-state index is -1.09. The van der Waals surface area contributed by atoms with Gasteiger partial charge in [-0.15, -0.1) is 0 Å². The molecule has 0 spiro atoms. The van der Waals surface area contributed by atoms with E-state index in [1.54, 1.807) is 0 Å². The minimum absolute atomic E-state index is 0.202. The molecule has 0 aromatic carbocycles. The van der Waals surface area contributed by atoms with Gasteiger partial charge in [0.25, 0.3) is 5.91 Å². The number of likely N-dealkylation sites (tertiary alicyclic amines) is 1. The smallest absolute Gasteiger partial charge is 0.252 e. The molecule has 0 saturated carbocycles. The van der Waals surface area contributed by atoms with Crippen LogP contribution in [0.5, 0.6) is 5.75 Å². The zero-order valence-electron chi connectivity index (χ0n) is 10.5. The highest BCUT2D eigenvalue weighted by atomic mass is 79.9. The Balaban J connectivity index is 2.17. The van der Waals surface area contributed by atoms with Crippen LogP contribution >= 0.6 is 15.9 Å². The Hall–Kier alpha value is -1.21. The second kappa shape index (κ2) is 5.83. The molecule has 19 heavy (non-hydrogen) atoms. The van der Waals surface area contributed by atoms with Crippen molar-refractivity contribution >= 4 is 21.8 Å². The lowest BCUT2D eigenvalue weighted by Gasteiger charge is -2.32. The maximum atomic E-state index is 13.9. The quantitative estimate of drug-likeness (QED) is 0.849. The van der Waals surface area contributed by atoms with Crippen LogP contribution in [0.4, 0.5) is 4.39 Å². The molecule has 1 saturated heterocycles. The van der Waals surface area contributed by atoms with Gasteiger partial charge in [0.15, 0.2) is 5.75 Å². The van der Waals surface area contributed by atoms with Crippen molar-refractivity contribution in [3.05, 3.63) is 22.4 Å². The van der Waals surface area contributed by atoms with Crippen molar-refractivity contribution in [2.75, 3.05) is 20.1 Å². The third kappa shape index (κ3) is 3.42. The largest absolute Gasteiger partial charge is 0.485 e. The Labute approximate surface area is 119 Å². The number of carbonyl (C=O) groups is 1. The Kier molecular flexibility index (Phi) is 4.36. The summed E-state index contributed by atoms with van der Waals surface area (Å²) in [6, 6.07) is 1.47. The van der Waals surface area contributed by atoms with Gasteiger partial charge in [-0.3, -0.25) is 4.79 Å². The fourth-order valence-corrected chi connectivity index (χ4v) is 2.37. The van der Waals surface area contributed by atoms with Crippen LogP contribution in [0.1, 0.15) is 16.8 Å². The molecule has 2 atom stereocenters. The SMILES string of the molecule is CN1CC[C@H](Oc2cnc(Br)cc2C(N)=O)[C@@H](F)C1. The van der Waals surface area contributed by atoms with Gasteiger partial charge in [-0.2, -0.15) is 0 Å². The number of hydrogen-bond donors (Lipinski definition) is 1. The van der Waals surface area contributed by atoms with Crippen molar-refractivity contribution in [3.63, 3.8) is 0 Å². The monoisotopic (exact) mass is 331 g/mol. The minimum Gasteiger partial charge on any atom is -0.485 e. The number of nitrogens with two attached hydrogens (primary N) is 1. The number of ether oxygens (including phenoxy) is 1. The molecule has 1 aromatic heterocycles. The van der Waals surface area contributed by atoms with E-state index in [4.69, 9.17) is 10.5 Å². The number of pyridine rings is 1. The molecule has 0 bridgehead atoms.